The van der Waals surface area contributed by atoms with Crippen molar-refractivity contribution in [1.82, 2.24) is 5.32 Å². The molecule has 1 amide bonds. The summed E-state index contributed by atoms with van der Waals surface area (Å²) in [5.41, 5.74) is 0.492. The number of carbonyl (C=O) groups excluding carboxylic acids is 1. The van der Waals surface area contributed by atoms with Crippen molar-refractivity contribution >= 4 is 23.2 Å². The lowest BCUT2D eigenvalue weighted by molar-refractivity contribution is 0.0701. The highest BCUT2D eigenvalue weighted by molar-refractivity contribution is 7.16. The third-order valence-electron chi connectivity index (χ3n) is 2.02. The predicted octanol–water partition coefficient (Wildman–Crippen LogP) is 0.815. The van der Waals surface area contributed by atoms with Gasteiger partial charge in [0.05, 0.1) is 18.0 Å². The van der Waals surface area contributed by atoms with Gasteiger partial charge in [-0.25, -0.2) is 9.18 Å². The summed E-state index contributed by atoms with van der Waals surface area (Å²) in [6, 6.07) is 1.44. The van der Waals surface area contributed by atoms with Crippen LogP contribution in [0.1, 0.15) is 24.9 Å². The number of aromatic carboxylic acids is 1. The van der Waals surface area contributed by atoms with Crippen molar-refractivity contribution in [2.45, 2.75) is 13.1 Å². The predicted molar refractivity (Wildman–Crippen MR) is 60.3 cm³/mol. The SMILES string of the molecule is Cc1cc(C(=O)NCC(F)CO)sc1C(=O)O. The molecule has 0 aromatic carbocycles. The fraction of sp³-hybridized carbons (Fsp3) is 0.400. The summed E-state index contributed by atoms with van der Waals surface area (Å²) in [4.78, 5) is 22.6. The van der Waals surface area contributed by atoms with Gasteiger partial charge in [0, 0.05) is 0 Å². The Morgan fingerprint density at radius 2 is 2.24 bits per heavy atom. The molecule has 0 radical (unpaired) electrons. The summed E-state index contributed by atoms with van der Waals surface area (Å²) in [7, 11) is 0. The van der Waals surface area contributed by atoms with Crippen LogP contribution in [-0.2, 0) is 0 Å². The second-order valence-electron chi connectivity index (χ2n) is 3.42. The number of carbonyl (C=O) groups is 2. The molecule has 1 aromatic heterocycles. The van der Waals surface area contributed by atoms with Gasteiger partial charge in [-0.3, -0.25) is 4.79 Å². The number of aliphatic hydroxyl groups excluding tert-OH is 1. The van der Waals surface area contributed by atoms with Crippen molar-refractivity contribution in [3.63, 3.8) is 0 Å². The number of carboxylic acids is 1. The Morgan fingerprint density at radius 1 is 1.59 bits per heavy atom. The normalized spacial score (nSPS) is 12.2. The Morgan fingerprint density at radius 3 is 2.71 bits per heavy atom. The minimum atomic E-state index is -1.51. The molecule has 7 heteroatoms. The second-order valence-corrected chi connectivity index (χ2v) is 4.47. The van der Waals surface area contributed by atoms with Gasteiger partial charge in [-0.05, 0) is 18.6 Å². The average molecular weight is 261 g/mol. The fourth-order valence-electron chi connectivity index (χ4n) is 1.16. The van der Waals surface area contributed by atoms with E-state index < -0.39 is 24.7 Å². The molecular formula is C10H12FNO4S. The Bertz CT molecular complexity index is 432. The zero-order chi connectivity index (χ0) is 13.0. The van der Waals surface area contributed by atoms with Crippen molar-refractivity contribution in [3.05, 3.63) is 21.4 Å². The van der Waals surface area contributed by atoms with E-state index in [1.54, 1.807) is 6.92 Å². The smallest absolute Gasteiger partial charge is 0.346 e. The molecule has 3 N–H and O–H groups in total. The third kappa shape index (κ3) is 3.50. The molecule has 0 bridgehead atoms. The van der Waals surface area contributed by atoms with Crippen LogP contribution < -0.4 is 5.32 Å². The first-order valence-corrected chi connectivity index (χ1v) is 5.64. The maximum atomic E-state index is 12.7. The lowest BCUT2D eigenvalue weighted by atomic mass is 10.2. The van der Waals surface area contributed by atoms with Crippen LogP contribution in [0.5, 0.6) is 0 Å². The van der Waals surface area contributed by atoms with Crippen molar-refractivity contribution in [1.29, 1.82) is 0 Å². The van der Waals surface area contributed by atoms with Crippen molar-refractivity contribution < 1.29 is 24.2 Å². The van der Waals surface area contributed by atoms with Crippen molar-refractivity contribution in [3.8, 4) is 0 Å². The summed E-state index contributed by atoms with van der Waals surface area (Å²) < 4.78 is 12.7. The summed E-state index contributed by atoms with van der Waals surface area (Å²) in [5, 5.41) is 19.5. The molecule has 0 fully saturated rings. The number of nitrogens with one attached hydrogen (secondary N) is 1. The van der Waals surface area contributed by atoms with Crippen LogP contribution in [0.3, 0.4) is 0 Å². The van der Waals surface area contributed by atoms with Gasteiger partial charge in [-0.1, -0.05) is 0 Å². The number of amides is 1. The molecule has 5 nitrogen and oxygen atoms in total. The molecule has 0 saturated heterocycles. The van der Waals surface area contributed by atoms with Crippen LogP contribution in [0, 0.1) is 6.92 Å². The van der Waals surface area contributed by atoms with Gasteiger partial charge in [-0.15, -0.1) is 11.3 Å². The van der Waals surface area contributed by atoms with Crippen LogP contribution in [-0.4, -0.2) is 41.4 Å². The minimum absolute atomic E-state index is 0.0918. The number of alkyl halides is 1. The van der Waals surface area contributed by atoms with Gasteiger partial charge >= 0.3 is 5.97 Å². The Balaban J connectivity index is 2.70. The van der Waals surface area contributed by atoms with E-state index in [9.17, 15) is 14.0 Å². The largest absolute Gasteiger partial charge is 0.477 e. The first kappa shape index (κ1) is 13.6. The molecule has 1 atom stereocenters. The van der Waals surface area contributed by atoms with Gasteiger partial charge in [0.15, 0.2) is 0 Å². The van der Waals surface area contributed by atoms with E-state index in [1.807, 2.05) is 0 Å². The molecule has 0 aliphatic heterocycles. The summed E-state index contributed by atoms with van der Waals surface area (Å²) >= 11 is 0.838. The molecule has 0 saturated carbocycles. The monoisotopic (exact) mass is 261 g/mol. The summed E-state index contributed by atoms with van der Waals surface area (Å²) in [5.74, 6) is -1.63. The Kier molecular flexibility index (Phi) is 4.59. The quantitative estimate of drug-likeness (QED) is 0.732. The van der Waals surface area contributed by atoms with Gasteiger partial charge in [-0.2, -0.15) is 0 Å². The number of aryl methyl sites for hydroxylation is 1. The van der Waals surface area contributed by atoms with Gasteiger partial charge < -0.3 is 15.5 Å². The number of halogens is 1. The van der Waals surface area contributed by atoms with Gasteiger partial charge in [0.1, 0.15) is 11.0 Å². The maximum Gasteiger partial charge on any atom is 0.346 e. The summed E-state index contributed by atoms with van der Waals surface area (Å²) in [6.07, 6.45) is -1.51. The highest BCUT2D eigenvalue weighted by Crippen LogP contribution is 2.21. The summed E-state index contributed by atoms with van der Waals surface area (Å²) in [6.45, 7) is 0.626. The van der Waals surface area contributed by atoms with E-state index in [0.29, 0.717) is 5.56 Å². The van der Waals surface area contributed by atoms with Crippen LogP contribution in [0.2, 0.25) is 0 Å². The van der Waals surface area contributed by atoms with E-state index in [4.69, 9.17) is 10.2 Å². The van der Waals surface area contributed by atoms with Gasteiger partial charge in [0.25, 0.3) is 5.91 Å². The number of thiophene rings is 1. The highest BCUT2D eigenvalue weighted by atomic mass is 32.1. The van der Waals surface area contributed by atoms with E-state index >= 15 is 0 Å². The van der Waals surface area contributed by atoms with E-state index in [2.05, 4.69) is 5.32 Å². The van der Waals surface area contributed by atoms with E-state index in [-0.39, 0.29) is 16.3 Å². The molecule has 94 valence electrons. The number of rotatable bonds is 5. The molecule has 1 heterocycles. The Hall–Kier alpha value is -1.47. The minimum Gasteiger partial charge on any atom is -0.477 e. The maximum absolute atomic E-state index is 12.7. The van der Waals surface area contributed by atoms with Crippen LogP contribution in [0.15, 0.2) is 6.07 Å². The van der Waals surface area contributed by atoms with Crippen molar-refractivity contribution in [2.75, 3.05) is 13.2 Å². The Labute approximate surface area is 101 Å². The highest BCUT2D eigenvalue weighted by Gasteiger charge is 2.17. The van der Waals surface area contributed by atoms with Crippen LogP contribution >= 0.6 is 11.3 Å². The zero-order valence-corrected chi connectivity index (χ0v) is 9.88. The third-order valence-corrected chi connectivity index (χ3v) is 3.24. The first-order valence-electron chi connectivity index (χ1n) is 4.82. The molecule has 0 aliphatic rings. The number of aliphatic hydroxyl groups is 1. The lowest BCUT2D eigenvalue weighted by Crippen LogP contribution is -2.31. The van der Waals surface area contributed by atoms with Crippen LogP contribution in [0.25, 0.3) is 0 Å². The molecule has 0 aliphatic carbocycles. The van der Waals surface area contributed by atoms with E-state index in [0.717, 1.165) is 11.3 Å². The molecule has 1 aromatic rings. The fourth-order valence-corrected chi connectivity index (χ4v) is 2.09. The standard InChI is InChI=1S/C10H12FNO4S/c1-5-2-7(17-8(5)10(15)16)9(14)12-3-6(11)4-13/h2,6,13H,3-4H2,1H3,(H,12,14)(H,15,16). The second kappa shape index (κ2) is 5.74. The number of hydrogen-bond acceptors (Lipinski definition) is 4. The molecule has 17 heavy (non-hydrogen) atoms. The number of carboxylic acid groups (broad SMARTS) is 1. The zero-order valence-electron chi connectivity index (χ0n) is 9.07. The molecule has 1 rings (SSSR count). The van der Waals surface area contributed by atoms with E-state index in [1.165, 1.54) is 6.07 Å². The topological polar surface area (TPSA) is 86.6 Å². The first-order chi connectivity index (χ1) is 7.95. The van der Waals surface area contributed by atoms with Crippen molar-refractivity contribution in [2.24, 2.45) is 0 Å². The van der Waals surface area contributed by atoms with Gasteiger partial charge in [0.2, 0.25) is 0 Å². The molecular weight excluding hydrogens is 249 g/mol. The molecule has 0 spiro atoms. The molecule has 1 unspecified atom stereocenters. The number of hydrogen-bond donors (Lipinski definition) is 3. The van der Waals surface area contributed by atoms with Crippen LogP contribution in [0.4, 0.5) is 4.39 Å². The lowest BCUT2D eigenvalue weighted by Gasteiger charge is -2.05. The average Bonchev–Trinajstić information content (AvgIpc) is 2.67.